The van der Waals surface area contributed by atoms with E-state index in [4.69, 9.17) is 4.74 Å². The largest absolute Gasteiger partial charge is 0.452 e. The summed E-state index contributed by atoms with van der Waals surface area (Å²) < 4.78 is 18.6. The molecule has 1 atom stereocenters. The quantitative estimate of drug-likeness (QED) is 0.816. The lowest BCUT2D eigenvalue weighted by Gasteiger charge is -2.59. The van der Waals surface area contributed by atoms with Crippen LogP contribution in [0.25, 0.3) is 0 Å². The van der Waals surface area contributed by atoms with E-state index in [2.05, 4.69) is 12.2 Å². The lowest BCUT2D eigenvalue weighted by Crippen LogP contribution is -2.56. The molecule has 1 aromatic rings. The number of hydrogen-bond acceptors (Lipinski definition) is 3. The van der Waals surface area contributed by atoms with Crippen molar-refractivity contribution in [2.75, 3.05) is 6.61 Å². The van der Waals surface area contributed by atoms with E-state index < -0.39 is 11.8 Å². The molecule has 4 saturated carbocycles. The number of carbonyl (C=O) groups excluding carboxylic acids is 2. The number of rotatable bonds is 5. The maximum absolute atomic E-state index is 13.6. The Bertz CT molecular complexity index is 682. The van der Waals surface area contributed by atoms with Gasteiger partial charge in [-0.1, -0.05) is 12.1 Å². The van der Waals surface area contributed by atoms with E-state index in [-0.39, 0.29) is 29.5 Å². The van der Waals surface area contributed by atoms with Crippen LogP contribution < -0.4 is 5.32 Å². The van der Waals surface area contributed by atoms with Gasteiger partial charge in [0.1, 0.15) is 5.82 Å². The molecule has 4 aliphatic rings. The summed E-state index contributed by atoms with van der Waals surface area (Å²) in [5, 5.41) is 3.05. The maximum Gasteiger partial charge on any atom is 0.341 e. The summed E-state index contributed by atoms with van der Waals surface area (Å²) in [7, 11) is 0. The average molecular weight is 359 g/mol. The van der Waals surface area contributed by atoms with Gasteiger partial charge in [0.25, 0.3) is 5.91 Å². The van der Waals surface area contributed by atoms with Crippen LogP contribution in [0.15, 0.2) is 24.3 Å². The highest BCUT2D eigenvalue weighted by atomic mass is 19.1. The highest BCUT2D eigenvalue weighted by Gasteiger charge is 2.53. The van der Waals surface area contributed by atoms with Crippen molar-refractivity contribution in [1.82, 2.24) is 5.32 Å². The van der Waals surface area contributed by atoms with Crippen molar-refractivity contribution in [3.63, 3.8) is 0 Å². The monoisotopic (exact) mass is 359 g/mol. The smallest absolute Gasteiger partial charge is 0.341 e. The molecule has 5 rings (SSSR count). The van der Waals surface area contributed by atoms with Crippen LogP contribution in [0, 0.1) is 29.0 Å². The maximum atomic E-state index is 13.6. The van der Waals surface area contributed by atoms with Crippen LogP contribution >= 0.6 is 0 Å². The van der Waals surface area contributed by atoms with E-state index in [9.17, 15) is 14.0 Å². The second-order valence-corrected chi connectivity index (χ2v) is 8.63. The topological polar surface area (TPSA) is 55.4 Å². The molecule has 26 heavy (non-hydrogen) atoms. The summed E-state index contributed by atoms with van der Waals surface area (Å²) in [4.78, 5) is 24.2. The van der Waals surface area contributed by atoms with Crippen molar-refractivity contribution >= 4 is 11.9 Å². The molecule has 4 bridgehead atoms. The third-order valence-electron chi connectivity index (χ3n) is 6.81. The second kappa shape index (κ2) is 6.67. The molecule has 0 spiro atoms. The van der Waals surface area contributed by atoms with Gasteiger partial charge in [0.15, 0.2) is 6.61 Å². The molecule has 5 heteroatoms. The van der Waals surface area contributed by atoms with Gasteiger partial charge in [0, 0.05) is 6.04 Å². The van der Waals surface area contributed by atoms with E-state index in [1.165, 1.54) is 56.7 Å². The van der Waals surface area contributed by atoms with Crippen molar-refractivity contribution in [2.45, 2.75) is 51.5 Å². The van der Waals surface area contributed by atoms with Crippen molar-refractivity contribution < 1.29 is 18.7 Å². The van der Waals surface area contributed by atoms with Gasteiger partial charge < -0.3 is 10.1 Å². The third kappa shape index (κ3) is 3.24. The van der Waals surface area contributed by atoms with Gasteiger partial charge in [0.2, 0.25) is 0 Å². The summed E-state index contributed by atoms with van der Waals surface area (Å²) in [6.45, 7) is 1.72. The molecule has 140 valence electrons. The molecule has 0 heterocycles. The Morgan fingerprint density at radius 3 is 2.31 bits per heavy atom. The zero-order valence-corrected chi connectivity index (χ0v) is 15.2. The summed E-state index contributed by atoms with van der Waals surface area (Å²) >= 11 is 0. The summed E-state index contributed by atoms with van der Waals surface area (Å²) in [6, 6.07) is 5.70. The molecule has 4 aliphatic carbocycles. The number of benzene rings is 1. The molecule has 0 radical (unpaired) electrons. The van der Waals surface area contributed by atoms with Crippen LogP contribution in [0.5, 0.6) is 0 Å². The van der Waals surface area contributed by atoms with E-state index in [1.54, 1.807) is 6.07 Å². The number of amides is 1. The SMILES string of the molecule is C[C@H](NC(=O)COC(=O)c1ccccc1F)C12CC3CC(CC(C3)C1)C2. The fourth-order valence-electron chi connectivity index (χ4n) is 5.98. The van der Waals surface area contributed by atoms with E-state index in [0.29, 0.717) is 0 Å². The number of esters is 1. The fraction of sp³-hybridized carbons (Fsp3) is 0.619. The Morgan fingerprint density at radius 2 is 1.73 bits per heavy atom. The molecule has 0 saturated heterocycles. The van der Waals surface area contributed by atoms with Gasteiger partial charge in [-0.2, -0.15) is 0 Å². The highest BCUT2D eigenvalue weighted by Crippen LogP contribution is 2.61. The lowest BCUT2D eigenvalue weighted by molar-refractivity contribution is -0.128. The number of hydrogen-bond donors (Lipinski definition) is 1. The fourth-order valence-corrected chi connectivity index (χ4v) is 5.98. The van der Waals surface area contributed by atoms with Gasteiger partial charge in [-0.3, -0.25) is 4.79 Å². The predicted molar refractivity (Wildman–Crippen MR) is 94.9 cm³/mol. The first-order valence-corrected chi connectivity index (χ1v) is 9.66. The molecule has 0 unspecified atom stereocenters. The zero-order chi connectivity index (χ0) is 18.3. The van der Waals surface area contributed by atoms with Crippen LogP contribution in [0.2, 0.25) is 0 Å². The lowest BCUT2D eigenvalue weighted by atomic mass is 9.48. The summed E-state index contributed by atoms with van der Waals surface area (Å²) in [5.74, 6) is 0.706. The summed E-state index contributed by atoms with van der Waals surface area (Å²) in [5.41, 5.74) is 0.0642. The van der Waals surface area contributed by atoms with E-state index >= 15 is 0 Å². The Kier molecular flexibility index (Phi) is 4.49. The van der Waals surface area contributed by atoms with Crippen LogP contribution in [0.3, 0.4) is 0 Å². The molecule has 4 fully saturated rings. The van der Waals surface area contributed by atoms with Crippen LogP contribution in [-0.2, 0) is 9.53 Å². The molecule has 0 aromatic heterocycles. The number of ether oxygens (including phenoxy) is 1. The first-order chi connectivity index (χ1) is 12.4. The number of carbonyl (C=O) groups is 2. The van der Waals surface area contributed by atoms with Crippen LogP contribution in [0.4, 0.5) is 4.39 Å². The standard InChI is InChI=1S/C21H26FNO3/c1-13(21-9-14-6-15(10-21)8-16(7-14)11-21)23-19(24)12-26-20(25)17-4-2-3-5-18(17)22/h2-5,13-16H,6-12H2,1H3,(H,23,24)/t13-,14?,15?,16?,21?/m0/s1. The van der Waals surface area contributed by atoms with Crippen molar-refractivity contribution in [1.29, 1.82) is 0 Å². The minimum atomic E-state index is -0.805. The molecule has 1 amide bonds. The van der Waals surface area contributed by atoms with Gasteiger partial charge in [-0.05, 0) is 80.8 Å². The molecule has 4 nitrogen and oxygen atoms in total. The molecule has 1 N–H and O–H groups in total. The Hall–Kier alpha value is -1.91. The van der Waals surface area contributed by atoms with Crippen LogP contribution in [-0.4, -0.2) is 24.5 Å². The zero-order valence-electron chi connectivity index (χ0n) is 15.2. The minimum Gasteiger partial charge on any atom is -0.452 e. The molecule has 1 aromatic carbocycles. The first kappa shape index (κ1) is 17.5. The Labute approximate surface area is 153 Å². The Balaban J connectivity index is 1.32. The molecular formula is C21H26FNO3. The first-order valence-electron chi connectivity index (χ1n) is 9.66. The van der Waals surface area contributed by atoms with Gasteiger partial charge in [0.05, 0.1) is 5.56 Å². The molecule has 0 aliphatic heterocycles. The van der Waals surface area contributed by atoms with Crippen LogP contribution in [0.1, 0.15) is 55.8 Å². The third-order valence-corrected chi connectivity index (χ3v) is 6.81. The van der Waals surface area contributed by atoms with Gasteiger partial charge >= 0.3 is 5.97 Å². The van der Waals surface area contributed by atoms with Crippen molar-refractivity contribution in [2.24, 2.45) is 23.2 Å². The minimum absolute atomic E-state index is 0.0792. The average Bonchev–Trinajstić information content (AvgIpc) is 2.59. The van der Waals surface area contributed by atoms with E-state index in [0.717, 1.165) is 17.8 Å². The van der Waals surface area contributed by atoms with Crippen molar-refractivity contribution in [3.8, 4) is 0 Å². The molecular weight excluding hydrogens is 333 g/mol. The number of nitrogens with one attached hydrogen (secondary N) is 1. The normalized spacial score (nSPS) is 32.9. The Morgan fingerprint density at radius 1 is 1.15 bits per heavy atom. The van der Waals surface area contributed by atoms with Crippen molar-refractivity contribution in [3.05, 3.63) is 35.6 Å². The summed E-state index contributed by atoms with van der Waals surface area (Å²) in [6.07, 6.45) is 7.70. The van der Waals surface area contributed by atoms with Gasteiger partial charge in [-0.15, -0.1) is 0 Å². The predicted octanol–water partition coefficient (Wildman–Crippen LogP) is 3.70. The van der Waals surface area contributed by atoms with E-state index in [1.807, 2.05) is 0 Å². The highest BCUT2D eigenvalue weighted by molar-refractivity contribution is 5.91. The van der Waals surface area contributed by atoms with Gasteiger partial charge in [-0.25, -0.2) is 9.18 Å². The number of halogens is 1. The second-order valence-electron chi connectivity index (χ2n) is 8.63.